The molecule has 0 radical (unpaired) electrons. The van der Waals surface area contributed by atoms with Crippen molar-refractivity contribution in [3.05, 3.63) is 100 Å². The summed E-state index contributed by atoms with van der Waals surface area (Å²) in [6.45, 7) is 3.81. The van der Waals surface area contributed by atoms with Crippen LogP contribution in [0.1, 0.15) is 47.1 Å². The maximum Gasteiger partial charge on any atom is 0.188 e. The quantitative estimate of drug-likeness (QED) is 0.594. The summed E-state index contributed by atoms with van der Waals surface area (Å²) in [4.78, 5) is 0.707. The minimum Gasteiger partial charge on any atom is -0.396 e. The fraction of sp³-hybridized carbons (Fsp3) is 0.308. The van der Waals surface area contributed by atoms with E-state index in [-0.39, 0.29) is 18.3 Å². The molecule has 0 spiro atoms. The second kappa shape index (κ2) is 10.5. The molecule has 0 aliphatic heterocycles. The number of rotatable bonds is 4. The van der Waals surface area contributed by atoms with Gasteiger partial charge in [-0.3, -0.25) is 4.18 Å². The zero-order chi connectivity index (χ0) is 23.3. The van der Waals surface area contributed by atoms with E-state index in [4.69, 9.17) is 0 Å². The molecule has 0 amide bonds. The van der Waals surface area contributed by atoms with Crippen molar-refractivity contribution in [3.63, 3.8) is 0 Å². The first kappa shape index (κ1) is 24.3. The molecule has 32 heavy (non-hydrogen) atoms. The molecule has 2 unspecified atom stereocenters. The third kappa shape index (κ3) is 5.33. The lowest BCUT2D eigenvalue weighted by Crippen LogP contribution is -2.24. The Bertz CT molecular complexity index is 1080. The van der Waals surface area contributed by atoms with Gasteiger partial charge in [0.05, 0.1) is 12.0 Å². The van der Waals surface area contributed by atoms with E-state index < -0.39 is 16.7 Å². The highest BCUT2D eigenvalue weighted by Gasteiger charge is 2.35. The van der Waals surface area contributed by atoms with E-state index in [0.29, 0.717) is 17.7 Å². The smallest absolute Gasteiger partial charge is 0.188 e. The predicted molar refractivity (Wildman–Crippen MR) is 124 cm³/mol. The molecule has 3 aromatic rings. The highest BCUT2D eigenvalue weighted by atomic mass is 32.2. The van der Waals surface area contributed by atoms with Crippen LogP contribution in [0.15, 0.2) is 71.6 Å². The van der Waals surface area contributed by atoms with Gasteiger partial charge in [0.1, 0.15) is 11.4 Å². The van der Waals surface area contributed by atoms with Gasteiger partial charge in [0.2, 0.25) is 0 Å². The lowest BCUT2D eigenvalue weighted by Gasteiger charge is -2.27. The van der Waals surface area contributed by atoms with Gasteiger partial charge in [-0.05, 0) is 79.1 Å². The van der Waals surface area contributed by atoms with Gasteiger partial charge in [-0.2, -0.15) is 0 Å². The Balaban J connectivity index is 0.000000222. The molecule has 6 heteroatoms. The first-order valence-corrected chi connectivity index (χ1v) is 11.6. The van der Waals surface area contributed by atoms with Gasteiger partial charge in [0.15, 0.2) is 11.1 Å². The minimum absolute atomic E-state index is 0.0752. The van der Waals surface area contributed by atoms with E-state index in [1.54, 1.807) is 25.1 Å². The summed E-state index contributed by atoms with van der Waals surface area (Å²) in [5, 5.41) is 20.4. The molecule has 0 heterocycles. The molecule has 170 valence electrons. The highest BCUT2D eigenvalue weighted by molar-refractivity contribution is 7.80. The zero-order valence-corrected chi connectivity index (χ0v) is 19.4. The standard InChI is InChI=1S/C18H19FO2.C8H10O2S/c1-18(21)16-7-6-14(19)11-13(16)10-12(8-9-20)15-4-2-3-5-17(15)18;1-7-3-5-8(6-4-7)11(9)10-2/h2-7,11-12,20-21H,8-10H2,1H3;3-6H,1-2H3/t12-,18?;/m0./s1. The van der Waals surface area contributed by atoms with Crippen LogP contribution in [-0.2, 0) is 27.3 Å². The molecule has 1 aliphatic carbocycles. The summed E-state index contributed by atoms with van der Waals surface area (Å²) in [6, 6.07) is 19.7. The third-order valence-corrected chi connectivity index (χ3v) is 6.79. The van der Waals surface area contributed by atoms with Crippen LogP contribution in [0.2, 0.25) is 0 Å². The fourth-order valence-electron chi connectivity index (χ4n) is 4.18. The molecule has 4 rings (SSSR count). The number of halogens is 1. The number of benzene rings is 3. The van der Waals surface area contributed by atoms with Crippen molar-refractivity contribution in [2.24, 2.45) is 0 Å². The van der Waals surface area contributed by atoms with Crippen LogP contribution in [0.4, 0.5) is 4.39 Å². The predicted octanol–water partition coefficient (Wildman–Crippen LogP) is 4.77. The lowest BCUT2D eigenvalue weighted by molar-refractivity contribution is 0.101. The van der Waals surface area contributed by atoms with E-state index >= 15 is 0 Å². The van der Waals surface area contributed by atoms with E-state index in [0.717, 1.165) is 27.8 Å². The fourth-order valence-corrected chi connectivity index (χ4v) is 4.73. The Morgan fingerprint density at radius 1 is 1.09 bits per heavy atom. The van der Waals surface area contributed by atoms with Crippen LogP contribution in [0.25, 0.3) is 0 Å². The number of aryl methyl sites for hydroxylation is 1. The lowest BCUT2D eigenvalue weighted by atomic mass is 9.84. The molecule has 1 aliphatic rings. The summed E-state index contributed by atoms with van der Waals surface area (Å²) in [7, 11) is 1.43. The number of hydrogen-bond donors (Lipinski definition) is 2. The SMILES string of the molecule is CC1(O)c2ccc(F)cc2C[C@H](CCO)c2ccccc21.COS(=O)c1ccc(C)cc1. The van der Waals surface area contributed by atoms with E-state index in [1.807, 2.05) is 43.3 Å². The Hall–Kier alpha value is -2.38. The Labute approximate surface area is 191 Å². The van der Waals surface area contributed by atoms with Gasteiger partial charge in [-0.15, -0.1) is 0 Å². The van der Waals surface area contributed by atoms with Gasteiger partial charge in [0.25, 0.3) is 0 Å². The second-order valence-electron chi connectivity index (χ2n) is 8.09. The number of fused-ring (bicyclic) bond motifs is 2. The van der Waals surface area contributed by atoms with Crippen LogP contribution < -0.4 is 0 Å². The maximum absolute atomic E-state index is 13.6. The summed E-state index contributed by atoms with van der Waals surface area (Å²) in [6.07, 6.45) is 1.23. The van der Waals surface area contributed by atoms with Crippen molar-refractivity contribution < 1.29 is 23.0 Å². The first-order chi connectivity index (χ1) is 15.3. The largest absolute Gasteiger partial charge is 0.396 e. The Morgan fingerprint density at radius 2 is 1.78 bits per heavy atom. The average Bonchev–Trinajstić information content (AvgIpc) is 2.87. The molecule has 0 fully saturated rings. The second-order valence-corrected chi connectivity index (χ2v) is 9.36. The average molecular weight is 457 g/mol. The van der Waals surface area contributed by atoms with E-state index in [1.165, 1.54) is 19.2 Å². The number of aliphatic hydroxyl groups is 2. The van der Waals surface area contributed by atoms with E-state index in [9.17, 15) is 18.8 Å². The van der Waals surface area contributed by atoms with Crippen molar-refractivity contribution >= 4 is 11.1 Å². The summed E-state index contributed by atoms with van der Waals surface area (Å²) < 4.78 is 29.3. The zero-order valence-electron chi connectivity index (χ0n) is 18.5. The highest BCUT2D eigenvalue weighted by Crippen LogP contribution is 2.42. The molecule has 4 nitrogen and oxygen atoms in total. The monoisotopic (exact) mass is 456 g/mol. The maximum atomic E-state index is 13.6. The number of hydrogen-bond acceptors (Lipinski definition) is 4. The Kier molecular flexibility index (Phi) is 7.96. The van der Waals surface area contributed by atoms with Gasteiger partial charge in [0, 0.05) is 6.61 Å². The minimum atomic E-state index is -1.30. The number of aliphatic hydroxyl groups excluding tert-OH is 1. The van der Waals surface area contributed by atoms with E-state index in [2.05, 4.69) is 4.18 Å². The molecule has 0 saturated heterocycles. The van der Waals surface area contributed by atoms with Crippen LogP contribution in [0, 0.1) is 12.7 Å². The van der Waals surface area contributed by atoms with Gasteiger partial charge in [-0.1, -0.05) is 48.0 Å². The molecular weight excluding hydrogens is 427 g/mol. The Morgan fingerprint density at radius 3 is 2.44 bits per heavy atom. The molecule has 3 atom stereocenters. The van der Waals surface area contributed by atoms with Crippen molar-refractivity contribution in [2.75, 3.05) is 13.7 Å². The van der Waals surface area contributed by atoms with Crippen LogP contribution in [0.3, 0.4) is 0 Å². The van der Waals surface area contributed by atoms with Gasteiger partial charge in [-0.25, -0.2) is 8.60 Å². The van der Waals surface area contributed by atoms with Gasteiger partial charge < -0.3 is 10.2 Å². The molecular formula is C26H29FO4S. The first-order valence-electron chi connectivity index (χ1n) is 10.5. The molecule has 2 N–H and O–H groups in total. The van der Waals surface area contributed by atoms with Crippen molar-refractivity contribution in [2.45, 2.75) is 43.1 Å². The molecule has 0 saturated carbocycles. The van der Waals surface area contributed by atoms with Crippen molar-refractivity contribution in [1.82, 2.24) is 0 Å². The van der Waals surface area contributed by atoms with Crippen molar-refractivity contribution in [3.8, 4) is 0 Å². The molecule has 0 aromatic heterocycles. The summed E-state index contributed by atoms with van der Waals surface area (Å²) >= 11 is -1.30. The topological polar surface area (TPSA) is 66.8 Å². The normalized spacial score (nSPS) is 20.2. The van der Waals surface area contributed by atoms with Gasteiger partial charge >= 0.3 is 0 Å². The summed E-state index contributed by atoms with van der Waals surface area (Å²) in [5.41, 5.74) is 3.44. The van der Waals surface area contributed by atoms with Crippen LogP contribution in [0.5, 0.6) is 0 Å². The van der Waals surface area contributed by atoms with Crippen LogP contribution in [-0.4, -0.2) is 28.1 Å². The van der Waals surface area contributed by atoms with Crippen molar-refractivity contribution in [1.29, 1.82) is 0 Å². The molecule has 3 aromatic carbocycles. The summed E-state index contributed by atoms with van der Waals surface area (Å²) in [5.74, 6) is -0.209. The molecule has 0 bridgehead atoms. The van der Waals surface area contributed by atoms with Crippen LogP contribution >= 0.6 is 0 Å². The third-order valence-electron chi connectivity index (χ3n) is 5.83.